The van der Waals surface area contributed by atoms with Crippen LogP contribution >= 0.6 is 23.1 Å². The fourth-order valence-electron chi connectivity index (χ4n) is 3.22. The van der Waals surface area contributed by atoms with E-state index in [0.29, 0.717) is 11.7 Å². The van der Waals surface area contributed by atoms with E-state index in [0.717, 1.165) is 35.9 Å². The summed E-state index contributed by atoms with van der Waals surface area (Å²) in [5.41, 5.74) is 2.28. The lowest BCUT2D eigenvalue weighted by Crippen LogP contribution is -2.32. The fourth-order valence-corrected chi connectivity index (χ4v) is 5.12. The van der Waals surface area contributed by atoms with Crippen molar-refractivity contribution < 1.29 is 4.79 Å². The molecule has 1 N–H and O–H groups in total. The average Bonchev–Trinajstić information content (AvgIpc) is 3.32. The number of nitrogens with zero attached hydrogens (tertiary/aromatic N) is 2. The van der Waals surface area contributed by atoms with Crippen LogP contribution in [-0.4, -0.2) is 36.3 Å². The molecular weight excluding hydrogens is 362 g/mol. The van der Waals surface area contributed by atoms with Crippen LogP contribution in [0.15, 0.2) is 58.9 Å². The zero-order valence-electron chi connectivity index (χ0n) is 14.4. The molecule has 1 aliphatic rings. The van der Waals surface area contributed by atoms with E-state index in [1.807, 2.05) is 24.3 Å². The predicted octanol–water partition coefficient (Wildman–Crippen LogP) is 4.03. The summed E-state index contributed by atoms with van der Waals surface area (Å²) < 4.78 is 2.12. The lowest BCUT2D eigenvalue weighted by molar-refractivity contribution is -0.118. The summed E-state index contributed by atoms with van der Waals surface area (Å²) in [6.45, 7) is 2.82. The smallest absolute Gasteiger partial charge is 0.230 e. The number of amides is 1. The molecule has 4 nitrogen and oxygen atoms in total. The number of rotatable bonds is 6. The van der Waals surface area contributed by atoms with E-state index in [9.17, 15) is 4.79 Å². The molecule has 134 valence electrons. The third-order valence-corrected chi connectivity index (χ3v) is 6.78. The maximum Gasteiger partial charge on any atom is 0.230 e. The SMILES string of the molecule is O=C(CSc1nc2ccccc2s1)NCC1CCN(c2ccccc2)C1. The molecule has 0 saturated carbocycles. The van der Waals surface area contributed by atoms with Gasteiger partial charge in [0.05, 0.1) is 16.0 Å². The topological polar surface area (TPSA) is 45.2 Å². The van der Waals surface area contributed by atoms with Crippen molar-refractivity contribution in [3.8, 4) is 0 Å². The van der Waals surface area contributed by atoms with E-state index in [-0.39, 0.29) is 5.91 Å². The van der Waals surface area contributed by atoms with Gasteiger partial charge in [-0.1, -0.05) is 42.1 Å². The molecule has 0 radical (unpaired) electrons. The Balaban J connectivity index is 1.22. The van der Waals surface area contributed by atoms with Gasteiger partial charge in [-0.2, -0.15) is 0 Å². The maximum atomic E-state index is 12.2. The Morgan fingerprint density at radius 1 is 1.19 bits per heavy atom. The zero-order valence-corrected chi connectivity index (χ0v) is 16.1. The largest absolute Gasteiger partial charge is 0.371 e. The van der Waals surface area contributed by atoms with Crippen LogP contribution in [-0.2, 0) is 4.79 Å². The Labute approximate surface area is 161 Å². The molecule has 1 saturated heterocycles. The van der Waals surface area contributed by atoms with Gasteiger partial charge < -0.3 is 10.2 Å². The van der Waals surface area contributed by atoms with Crippen molar-refractivity contribution in [1.82, 2.24) is 10.3 Å². The molecule has 26 heavy (non-hydrogen) atoms. The van der Waals surface area contributed by atoms with E-state index in [1.54, 1.807) is 11.3 Å². The number of fused-ring (bicyclic) bond motifs is 1. The highest BCUT2D eigenvalue weighted by Crippen LogP contribution is 2.29. The molecule has 0 aliphatic carbocycles. The molecule has 3 aromatic rings. The van der Waals surface area contributed by atoms with Gasteiger partial charge in [0.15, 0.2) is 4.34 Å². The minimum Gasteiger partial charge on any atom is -0.371 e. The number of hydrogen-bond acceptors (Lipinski definition) is 5. The van der Waals surface area contributed by atoms with E-state index < -0.39 is 0 Å². The van der Waals surface area contributed by atoms with E-state index >= 15 is 0 Å². The number of carbonyl (C=O) groups excluding carboxylic acids is 1. The number of benzene rings is 2. The first-order chi connectivity index (χ1) is 12.8. The van der Waals surface area contributed by atoms with Crippen LogP contribution in [0.4, 0.5) is 5.69 Å². The third-order valence-electron chi connectivity index (χ3n) is 4.60. The third kappa shape index (κ3) is 4.19. The summed E-state index contributed by atoms with van der Waals surface area (Å²) in [6, 6.07) is 18.6. The number of anilines is 1. The number of carbonyl (C=O) groups is 1. The Kier molecular flexibility index (Phi) is 5.41. The van der Waals surface area contributed by atoms with Gasteiger partial charge >= 0.3 is 0 Å². The van der Waals surface area contributed by atoms with Crippen molar-refractivity contribution >= 4 is 44.9 Å². The van der Waals surface area contributed by atoms with E-state index in [1.165, 1.54) is 22.1 Å². The number of para-hydroxylation sites is 2. The van der Waals surface area contributed by atoms with Crippen molar-refractivity contribution in [2.75, 3.05) is 30.3 Å². The summed E-state index contributed by atoms with van der Waals surface area (Å²) in [5, 5.41) is 3.09. The number of nitrogens with one attached hydrogen (secondary N) is 1. The van der Waals surface area contributed by atoms with Crippen molar-refractivity contribution in [3.05, 3.63) is 54.6 Å². The molecule has 1 amide bonds. The molecule has 1 unspecified atom stereocenters. The Morgan fingerprint density at radius 2 is 2.00 bits per heavy atom. The lowest BCUT2D eigenvalue weighted by atomic mass is 10.1. The highest BCUT2D eigenvalue weighted by atomic mass is 32.2. The van der Waals surface area contributed by atoms with Crippen LogP contribution in [0.3, 0.4) is 0 Å². The first-order valence-corrected chi connectivity index (χ1v) is 10.6. The molecule has 2 aromatic carbocycles. The summed E-state index contributed by atoms with van der Waals surface area (Å²) in [4.78, 5) is 19.1. The Bertz CT molecular complexity index is 848. The van der Waals surface area contributed by atoms with Crippen LogP contribution in [0.1, 0.15) is 6.42 Å². The molecule has 0 bridgehead atoms. The van der Waals surface area contributed by atoms with Gasteiger partial charge in [0.2, 0.25) is 5.91 Å². The van der Waals surface area contributed by atoms with Gasteiger partial charge in [-0.3, -0.25) is 4.79 Å². The number of aromatic nitrogens is 1. The predicted molar refractivity (Wildman–Crippen MR) is 110 cm³/mol. The summed E-state index contributed by atoms with van der Waals surface area (Å²) in [6.07, 6.45) is 1.13. The number of hydrogen-bond donors (Lipinski definition) is 1. The van der Waals surface area contributed by atoms with Gasteiger partial charge in [-0.15, -0.1) is 11.3 Å². The lowest BCUT2D eigenvalue weighted by Gasteiger charge is -2.18. The molecule has 1 fully saturated rings. The van der Waals surface area contributed by atoms with Crippen molar-refractivity contribution in [1.29, 1.82) is 0 Å². The molecule has 1 aromatic heterocycles. The Morgan fingerprint density at radius 3 is 2.85 bits per heavy atom. The second kappa shape index (κ2) is 8.10. The van der Waals surface area contributed by atoms with Crippen LogP contribution in [0.2, 0.25) is 0 Å². The Hall–Kier alpha value is -2.05. The monoisotopic (exact) mass is 383 g/mol. The molecule has 1 atom stereocenters. The first-order valence-electron chi connectivity index (χ1n) is 8.83. The second-order valence-electron chi connectivity index (χ2n) is 6.48. The quantitative estimate of drug-likeness (QED) is 0.653. The van der Waals surface area contributed by atoms with Crippen molar-refractivity contribution in [2.45, 2.75) is 10.8 Å². The molecule has 0 spiro atoms. The number of thioether (sulfide) groups is 1. The van der Waals surface area contributed by atoms with Crippen LogP contribution in [0, 0.1) is 5.92 Å². The normalized spacial score (nSPS) is 16.9. The molecular formula is C20H21N3OS2. The van der Waals surface area contributed by atoms with Crippen LogP contribution in [0.25, 0.3) is 10.2 Å². The highest BCUT2D eigenvalue weighted by molar-refractivity contribution is 8.01. The van der Waals surface area contributed by atoms with E-state index in [4.69, 9.17) is 0 Å². The van der Waals surface area contributed by atoms with Crippen molar-refractivity contribution in [2.24, 2.45) is 5.92 Å². The van der Waals surface area contributed by atoms with Gasteiger partial charge in [0.1, 0.15) is 0 Å². The molecule has 1 aliphatic heterocycles. The fraction of sp³-hybridized carbons (Fsp3) is 0.300. The van der Waals surface area contributed by atoms with Gasteiger partial charge in [0.25, 0.3) is 0 Å². The van der Waals surface area contributed by atoms with Crippen LogP contribution in [0.5, 0.6) is 0 Å². The zero-order chi connectivity index (χ0) is 17.8. The molecule has 6 heteroatoms. The highest BCUT2D eigenvalue weighted by Gasteiger charge is 2.23. The number of thiazole rings is 1. The van der Waals surface area contributed by atoms with Gasteiger partial charge in [-0.05, 0) is 36.6 Å². The van der Waals surface area contributed by atoms with Crippen molar-refractivity contribution in [3.63, 3.8) is 0 Å². The minimum atomic E-state index is 0.0902. The maximum absolute atomic E-state index is 12.2. The second-order valence-corrected chi connectivity index (χ2v) is 8.73. The average molecular weight is 384 g/mol. The molecule has 2 heterocycles. The van der Waals surface area contributed by atoms with E-state index in [2.05, 4.69) is 45.5 Å². The summed E-state index contributed by atoms with van der Waals surface area (Å²) >= 11 is 3.16. The summed E-state index contributed by atoms with van der Waals surface area (Å²) in [7, 11) is 0. The summed E-state index contributed by atoms with van der Waals surface area (Å²) in [5.74, 6) is 1.04. The first kappa shape index (κ1) is 17.4. The molecule has 4 rings (SSSR count). The van der Waals surface area contributed by atoms with Gasteiger partial charge in [0, 0.05) is 25.3 Å². The van der Waals surface area contributed by atoms with Gasteiger partial charge in [-0.25, -0.2) is 4.98 Å². The van der Waals surface area contributed by atoms with Crippen LogP contribution < -0.4 is 10.2 Å². The minimum absolute atomic E-state index is 0.0902. The standard InChI is InChI=1S/C20H21N3OS2/c24-19(14-25-20-22-17-8-4-5-9-18(17)26-20)21-12-15-10-11-23(13-15)16-6-2-1-3-7-16/h1-9,15H,10-14H2,(H,21,24).